The Hall–Kier alpha value is -2.14. The van der Waals surface area contributed by atoms with Crippen LogP contribution in [-0.4, -0.2) is 31.0 Å². The van der Waals surface area contributed by atoms with Gasteiger partial charge in [0.05, 0.1) is 25.2 Å². The molecule has 0 aromatic heterocycles. The minimum absolute atomic E-state index is 0.000758. The number of hydrogen-bond acceptors (Lipinski definition) is 4. The number of carboxylic acid groups (broad SMARTS) is 1. The molecule has 0 spiro atoms. The molecule has 0 bridgehead atoms. The van der Waals surface area contributed by atoms with Crippen molar-refractivity contribution in [2.24, 2.45) is 0 Å². The van der Waals surface area contributed by atoms with Gasteiger partial charge in [-0.05, 0) is 12.1 Å². The molecule has 0 aliphatic heterocycles. The van der Waals surface area contributed by atoms with E-state index in [1.165, 1.54) is 11.8 Å². The van der Waals surface area contributed by atoms with Crippen LogP contribution >= 0.6 is 11.8 Å². The molecule has 2 aromatic rings. The number of benzene rings is 2. The van der Waals surface area contributed by atoms with Gasteiger partial charge >= 0.3 is 5.97 Å². The predicted molar refractivity (Wildman–Crippen MR) is 87.9 cm³/mol. The second kappa shape index (κ2) is 7.75. The summed E-state index contributed by atoms with van der Waals surface area (Å²) in [6.07, 6.45) is 0. The zero-order valence-electron chi connectivity index (χ0n) is 12.5. The SMILES string of the molecule is COc1ccccc1C(SCC(=O)O)c1ccccc1OC. The zero-order chi connectivity index (χ0) is 15.9. The number of hydrogen-bond donors (Lipinski definition) is 1. The van der Waals surface area contributed by atoms with Crippen LogP contribution in [0.2, 0.25) is 0 Å². The zero-order valence-corrected chi connectivity index (χ0v) is 13.3. The molecule has 5 heteroatoms. The second-order valence-electron chi connectivity index (χ2n) is 4.57. The van der Waals surface area contributed by atoms with Gasteiger partial charge in [-0.25, -0.2) is 0 Å². The van der Waals surface area contributed by atoms with Gasteiger partial charge in [-0.3, -0.25) is 4.79 Å². The quantitative estimate of drug-likeness (QED) is 0.845. The Kier molecular flexibility index (Phi) is 5.72. The number of carbonyl (C=O) groups is 1. The molecule has 1 N–H and O–H groups in total. The van der Waals surface area contributed by atoms with E-state index < -0.39 is 5.97 Å². The highest BCUT2D eigenvalue weighted by molar-refractivity contribution is 8.00. The summed E-state index contributed by atoms with van der Waals surface area (Å²) in [6.45, 7) is 0. The highest BCUT2D eigenvalue weighted by Gasteiger charge is 2.22. The van der Waals surface area contributed by atoms with Crippen molar-refractivity contribution in [3.63, 3.8) is 0 Å². The minimum atomic E-state index is -0.847. The molecular weight excluding hydrogens is 300 g/mol. The van der Waals surface area contributed by atoms with E-state index in [1.807, 2.05) is 48.5 Å². The molecule has 0 heterocycles. The molecule has 0 saturated carbocycles. The molecule has 0 radical (unpaired) electrons. The van der Waals surface area contributed by atoms with Crippen LogP contribution in [0.5, 0.6) is 11.5 Å². The first-order valence-electron chi connectivity index (χ1n) is 6.76. The van der Waals surface area contributed by atoms with E-state index in [-0.39, 0.29) is 11.0 Å². The van der Waals surface area contributed by atoms with Gasteiger partial charge in [0, 0.05) is 11.1 Å². The number of thioether (sulfide) groups is 1. The van der Waals surface area contributed by atoms with E-state index in [4.69, 9.17) is 14.6 Å². The summed E-state index contributed by atoms with van der Waals surface area (Å²) >= 11 is 1.34. The van der Waals surface area contributed by atoms with Crippen molar-refractivity contribution in [1.82, 2.24) is 0 Å². The standard InChI is InChI=1S/C17H18O4S/c1-20-14-9-5-3-7-12(14)17(22-11-16(18)19)13-8-4-6-10-15(13)21-2/h3-10,17H,11H2,1-2H3,(H,18,19). The van der Waals surface area contributed by atoms with Crippen LogP contribution < -0.4 is 9.47 Å². The van der Waals surface area contributed by atoms with Gasteiger partial charge in [-0.15, -0.1) is 11.8 Å². The Morgan fingerprint density at radius 3 is 1.86 bits per heavy atom. The third-order valence-electron chi connectivity index (χ3n) is 3.22. The lowest BCUT2D eigenvalue weighted by Crippen LogP contribution is -2.06. The average molecular weight is 318 g/mol. The molecule has 0 fully saturated rings. The summed E-state index contributed by atoms with van der Waals surface area (Å²) in [5, 5.41) is 8.85. The van der Waals surface area contributed by atoms with Crippen molar-refractivity contribution < 1.29 is 19.4 Å². The summed E-state index contributed by atoms with van der Waals surface area (Å²) in [6, 6.07) is 15.3. The van der Waals surface area contributed by atoms with Gasteiger partial charge in [-0.2, -0.15) is 0 Å². The van der Waals surface area contributed by atoms with Crippen molar-refractivity contribution in [2.45, 2.75) is 5.25 Å². The second-order valence-corrected chi connectivity index (χ2v) is 5.66. The number of aliphatic carboxylic acids is 1. The number of carboxylic acids is 1. The third-order valence-corrected chi connectivity index (χ3v) is 4.47. The fraction of sp³-hybridized carbons (Fsp3) is 0.235. The van der Waals surface area contributed by atoms with Crippen molar-refractivity contribution >= 4 is 17.7 Å². The maximum absolute atomic E-state index is 11.0. The molecular formula is C17H18O4S. The summed E-state index contributed by atoms with van der Waals surface area (Å²) in [7, 11) is 3.22. The first-order valence-corrected chi connectivity index (χ1v) is 7.81. The van der Waals surface area contributed by atoms with Crippen LogP contribution in [0, 0.1) is 0 Å². The monoisotopic (exact) mass is 318 g/mol. The van der Waals surface area contributed by atoms with Crippen LogP contribution in [0.1, 0.15) is 16.4 Å². The Balaban J connectivity index is 2.48. The molecule has 0 unspecified atom stereocenters. The lowest BCUT2D eigenvalue weighted by Gasteiger charge is -2.21. The van der Waals surface area contributed by atoms with E-state index in [0.717, 1.165) is 22.6 Å². The van der Waals surface area contributed by atoms with Gasteiger partial charge in [-0.1, -0.05) is 36.4 Å². The summed E-state index contributed by atoms with van der Waals surface area (Å²) in [4.78, 5) is 11.0. The highest BCUT2D eigenvalue weighted by Crippen LogP contribution is 2.43. The molecule has 0 atom stereocenters. The molecule has 2 aromatic carbocycles. The lowest BCUT2D eigenvalue weighted by molar-refractivity contribution is -0.133. The number of para-hydroxylation sites is 2. The maximum atomic E-state index is 11.0. The largest absolute Gasteiger partial charge is 0.496 e. The summed E-state index contributed by atoms with van der Waals surface area (Å²) in [5.41, 5.74) is 1.86. The minimum Gasteiger partial charge on any atom is -0.496 e. The van der Waals surface area contributed by atoms with Crippen molar-refractivity contribution in [2.75, 3.05) is 20.0 Å². The van der Waals surface area contributed by atoms with E-state index >= 15 is 0 Å². The van der Waals surface area contributed by atoms with Gasteiger partial charge in [0.15, 0.2) is 0 Å². The van der Waals surface area contributed by atoms with E-state index in [0.29, 0.717) is 0 Å². The van der Waals surface area contributed by atoms with Gasteiger partial charge in [0.25, 0.3) is 0 Å². The van der Waals surface area contributed by atoms with Crippen LogP contribution in [0.25, 0.3) is 0 Å². The molecule has 0 aliphatic rings. The molecule has 0 aliphatic carbocycles. The summed E-state index contributed by atoms with van der Waals surface area (Å²) < 4.78 is 10.9. The first-order chi connectivity index (χ1) is 10.7. The molecule has 0 saturated heterocycles. The van der Waals surface area contributed by atoms with Gasteiger partial charge in [0.2, 0.25) is 0 Å². The Bertz CT molecular complexity index is 595. The van der Waals surface area contributed by atoms with Crippen molar-refractivity contribution in [3.05, 3.63) is 59.7 Å². The van der Waals surface area contributed by atoms with E-state index in [2.05, 4.69) is 0 Å². The highest BCUT2D eigenvalue weighted by atomic mass is 32.2. The molecule has 0 amide bonds. The first kappa shape index (κ1) is 16.2. The van der Waals surface area contributed by atoms with E-state index in [9.17, 15) is 4.79 Å². The molecule has 4 nitrogen and oxygen atoms in total. The van der Waals surface area contributed by atoms with Gasteiger partial charge in [0.1, 0.15) is 11.5 Å². The van der Waals surface area contributed by atoms with Crippen molar-refractivity contribution in [1.29, 1.82) is 0 Å². The number of rotatable bonds is 7. The van der Waals surface area contributed by atoms with Gasteiger partial charge < -0.3 is 14.6 Å². The van der Waals surface area contributed by atoms with Crippen LogP contribution in [0.4, 0.5) is 0 Å². The smallest absolute Gasteiger partial charge is 0.313 e. The number of methoxy groups -OCH3 is 2. The number of ether oxygens (including phenoxy) is 2. The third kappa shape index (κ3) is 3.74. The van der Waals surface area contributed by atoms with Crippen LogP contribution in [0.3, 0.4) is 0 Å². The Morgan fingerprint density at radius 2 is 1.45 bits per heavy atom. The molecule has 116 valence electrons. The van der Waals surface area contributed by atoms with Crippen molar-refractivity contribution in [3.8, 4) is 11.5 Å². The van der Waals surface area contributed by atoms with E-state index in [1.54, 1.807) is 14.2 Å². The topological polar surface area (TPSA) is 55.8 Å². The maximum Gasteiger partial charge on any atom is 0.313 e. The Morgan fingerprint density at radius 1 is 1.00 bits per heavy atom. The molecule has 2 rings (SSSR count). The fourth-order valence-corrected chi connectivity index (χ4v) is 3.33. The Labute approximate surface area is 134 Å². The fourth-order valence-electron chi connectivity index (χ4n) is 2.27. The van der Waals surface area contributed by atoms with Crippen LogP contribution in [0.15, 0.2) is 48.5 Å². The normalized spacial score (nSPS) is 10.5. The summed E-state index contributed by atoms with van der Waals surface area (Å²) in [5.74, 6) is 0.619. The lowest BCUT2D eigenvalue weighted by atomic mass is 10.0. The van der Waals surface area contributed by atoms with Crippen LogP contribution in [-0.2, 0) is 4.79 Å². The predicted octanol–water partition coefficient (Wildman–Crippen LogP) is 3.61. The average Bonchev–Trinajstić information content (AvgIpc) is 2.55. The molecule has 22 heavy (non-hydrogen) atoms.